The van der Waals surface area contributed by atoms with Crippen molar-refractivity contribution in [3.63, 3.8) is 0 Å². The number of nitrogens with two attached hydrogens (primary N) is 1. The van der Waals surface area contributed by atoms with Crippen LogP contribution < -0.4 is 5.73 Å². The lowest BCUT2D eigenvalue weighted by Gasteiger charge is -2.16. The Morgan fingerprint density at radius 3 is 2.53 bits per heavy atom. The normalized spacial score (nSPS) is 14.8. The van der Waals surface area contributed by atoms with Crippen LogP contribution in [0.2, 0.25) is 0 Å². The molecule has 3 nitrogen and oxygen atoms in total. The van der Waals surface area contributed by atoms with Gasteiger partial charge in [0.15, 0.2) is 0 Å². The largest absolute Gasteiger partial charge is 0.325 e. The summed E-state index contributed by atoms with van der Waals surface area (Å²) in [4.78, 5) is 0. The van der Waals surface area contributed by atoms with Gasteiger partial charge in [0.05, 0.1) is 5.69 Å². The maximum atomic E-state index is 5.69. The second-order valence-electron chi connectivity index (χ2n) is 5.07. The average Bonchev–Trinajstić information content (AvgIpc) is 2.42. The van der Waals surface area contributed by atoms with Crippen molar-refractivity contribution < 1.29 is 0 Å². The van der Waals surface area contributed by atoms with Crippen LogP contribution in [-0.2, 0) is 12.5 Å². The van der Waals surface area contributed by atoms with Crippen molar-refractivity contribution in [1.82, 2.24) is 9.78 Å². The van der Waals surface area contributed by atoms with E-state index in [1.165, 1.54) is 0 Å². The van der Waals surface area contributed by atoms with Gasteiger partial charge in [0.2, 0.25) is 0 Å². The molecule has 15 heavy (non-hydrogen) atoms. The van der Waals surface area contributed by atoms with Crippen LogP contribution in [0.25, 0.3) is 6.08 Å². The lowest BCUT2D eigenvalue weighted by molar-refractivity contribution is 0.552. The predicted molar refractivity (Wildman–Crippen MR) is 64.6 cm³/mol. The van der Waals surface area contributed by atoms with Gasteiger partial charge in [-0.05, 0) is 6.92 Å². The van der Waals surface area contributed by atoms with Crippen molar-refractivity contribution in [3.05, 3.63) is 23.5 Å². The van der Waals surface area contributed by atoms with Gasteiger partial charge in [-0.15, -0.1) is 0 Å². The van der Waals surface area contributed by atoms with Crippen LogP contribution in [-0.4, -0.2) is 15.8 Å². The molecule has 1 aromatic rings. The number of aryl methyl sites for hydroxylation is 1. The fourth-order valence-corrected chi connectivity index (χ4v) is 1.47. The number of rotatable bonds is 2. The van der Waals surface area contributed by atoms with Crippen LogP contribution in [0.1, 0.15) is 39.0 Å². The molecule has 84 valence electrons. The average molecular weight is 207 g/mol. The minimum atomic E-state index is 0.0682. The van der Waals surface area contributed by atoms with Gasteiger partial charge in [-0.1, -0.05) is 32.9 Å². The van der Waals surface area contributed by atoms with Crippen LogP contribution in [0.15, 0.2) is 12.3 Å². The zero-order valence-electron chi connectivity index (χ0n) is 10.3. The molecule has 1 rings (SSSR count). The van der Waals surface area contributed by atoms with Crippen molar-refractivity contribution in [2.75, 3.05) is 0 Å². The Morgan fingerprint density at radius 1 is 1.47 bits per heavy atom. The lowest BCUT2D eigenvalue weighted by Crippen LogP contribution is -2.14. The molecular formula is C12H21N3. The number of nitrogens with zero attached hydrogens (tertiary/aromatic N) is 2. The maximum Gasteiger partial charge on any atom is 0.0750 e. The molecule has 0 bridgehead atoms. The van der Waals surface area contributed by atoms with Gasteiger partial charge in [-0.3, -0.25) is 4.68 Å². The molecule has 0 aromatic carbocycles. The monoisotopic (exact) mass is 207 g/mol. The van der Waals surface area contributed by atoms with E-state index in [0.717, 1.165) is 11.3 Å². The van der Waals surface area contributed by atoms with Crippen molar-refractivity contribution >= 4 is 6.08 Å². The zero-order chi connectivity index (χ0) is 11.6. The third-order valence-corrected chi connectivity index (χ3v) is 2.15. The van der Waals surface area contributed by atoms with Gasteiger partial charge in [-0.2, -0.15) is 5.10 Å². The summed E-state index contributed by atoms with van der Waals surface area (Å²) in [7, 11) is 1.94. The van der Waals surface area contributed by atoms with Gasteiger partial charge in [0.25, 0.3) is 0 Å². The van der Waals surface area contributed by atoms with Crippen LogP contribution >= 0.6 is 0 Å². The summed E-state index contributed by atoms with van der Waals surface area (Å²) in [6.45, 7) is 8.46. The smallest absolute Gasteiger partial charge is 0.0750 e. The molecule has 1 atom stereocenters. The summed E-state index contributed by atoms with van der Waals surface area (Å²) in [5, 5.41) is 4.48. The first-order chi connectivity index (χ1) is 6.80. The quantitative estimate of drug-likeness (QED) is 0.807. The van der Waals surface area contributed by atoms with E-state index < -0.39 is 0 Å². The van der Waals surface area contributed by atoms with Crippen LogP contribution in [0.3, 0.4) is 0 Å². The molecule has 0 aliphatic heterocycles. The molecule has 1 heterocycles. The van der Waals surface area contributed by atoms with E-state index in [0.29, 0.717) is 0 Å². The zero-order valence-corrected chi connectivity index (χ0v) is 10.3. The third-order valence-electron chi connectivity index (χ3n) is 2.15. The molecule has 0 amide bonds. The number of hydrogen-bond donors (Lipinski definition) is 1. The molecule has 0 spiro atoms. The minimum absolute atomic E-state index is 0.0682. The molecule has 0 aliphatic rings. The molecule has 0 fully saturated rings. The van der Waals surface area contributed by atoms with Gasteiger partial charge in [0, 0.05) is 30.3 Å². The van der Waals surface area contributed by atoms with Crippen LogP contribution in [0, 0.1) is 0 Å². The van der Waals surface area contributed by atoms with Gasteiger partial charge >= 0.3 is 0 Å². The highest BCUT2D eigenvalue weighted by molar-refractivity contribution is 5.53. The lowest BCUT2D eigenvalue weighted by atomic mass is 9.89. The van der Waals surface area contributed by atoms with E-state index in [4.69, 9.17) is 5.73 Å². The summed E-state index contributed by atoms with van der Waals surface area (Å²) in [5.41, 5.74) is 8.03. The Kier molecular flexibility index (Phi) is 3.35. The molecule has 1 aromatic heterocycles. The highest BCUT2D eigenvalue weighted by atomic mass is 15.3. The molecule has 0 aliphatic carbocycles. The molecule has 3 heteroatoms. The molecule has 1 unspecified atom stereocenters. The van der Waals surface area contributed by atoms with Gasteiger partial charge in [0.1, 0.15) is 0 Å². The topological polar surface area (TPSA) is 43.8 Å². The first-order valence-electron chi connectivity index (χ1n) is 5.28. The summed E-state index contributed by atoms with van der Waals surface area (Å²) in [6.07, 6.45) is 6.07. The van der Waals surface area contributed by atoms with E-state index >= 15 is 0 Å². The van der Waals surface area contributed by atoms with Crippen molar-refractivity contribution in [2.24, 2.45) is 12.8 Å². The minimum Gasteiger partial charge on any atom is -0.325 e. The highest BCUT2D eigenvalue weighted by Gasteiger charge is 2.20. The highest BCUT2D eigenvalue weighted by Crippen LogP contribution is 2.24. The Balaban J connectivity index is 3.07. The summed E-state index contributed by atoms with van der Waals surface area (Å²) >= 11 is 0. The Hall–Kier alpha value is -1.09. The van der Waals surface area contributed by atoms with E-state index in [2.05, 4.69) is 31.9 Å². The van der Waals surface area contributed by atoms with Gasteiger partial charge < -0.3 is 5.73 Å². The first kappa shape index (κ1) is 12.0. The number of hydrogen-bond acceptors (Lipinski definition) is 2. The molecule has 0 saturated heterocycles. The van der Waals surface area contributed by atoms with E-state index in [1.54, 1.807) is 0 Å². The summed E-state index contributed by atoms with van der Waals surface area (Å²) in [5.74, 6) is 0. The predicted octanol–water partition coefficient (Wildman–Crippen LogP) is 2.08. The van der Waals surface area contributed by atoms with Crippen LogP contribution in [0.4, 0.5) is 0 Å². The fraction of sp³-hybridized carbons (Fsp3) is 0.583. The third kappa shape index (κ3) is 3.20. The van der Waals surface area contributed by atoms with Crippen molar-refractivity contribution in [2.45, 2.75) is 39.2 Å². The van der Waals surface area contributed by atoms with Crippen molar-refractivity contribution in [1.29, 1.82) is 0 Å². The second-order valence-corrected chi connectivity index (χ2v) is 5.07. The first-order valence-corrected chi connectivity index (χ1v) is 5.28. The van der Waals surface area contributed by atoms with E-state index in [-0.39, 0.29) is 11.5 Å². The molecule has 0 radical (unpaired) electrons. The summed E-state index contributed by atoms with van der Waals surface area (Å²) in [6, 6.07) is 0.0815. The SMILES string of the molecule is CC(N)/C=C/c1cn(C)nc1C(C)(C)C. The molecular weight excluding hydrogens is 186 g/mol. The van der Waals surface area contributed by atoms with E-state index in [9.17, 15) is 0 Å². The maximum absolute atomic E-state index is 5.69. The molecule has 2 N–H and O–H groups in total. The second kappa shape index (κ2) is 4.19. The van der Waals surface area contributed by atoms with Crippen LogP contribution in [0.5, 0.6) is 0 Å². The molecule has 0 saturated carbocycles. The summed E-state index contributed by atoms with van der Waals surface area (Å²) < 4.78 is 1.85. The van der Waals surface area contributed by atoms with Gasteiger partial charge in [-0.25, -0.2) is 0 Å². The Morgan fingerprint density at radius 2 is 2.07 bits per heavy atom. The van der Waals surface area contributed by atoms with Crippen molar-refractivity contribution in [3.8, 4) is 0 Å². The van der Waals surface area contributed by atoms with E-state index in [1.807, 2.05) is 30.9 Å². The Labute approximate surface area is 92.0 Å². The fourth-order valence-electron chi connectivity index (χ4n) is 1.47. The number of aromatic nitrogens is 2. The Bertz CT molecular complexity index is 353. The standard InChI is InChI=1S/C12H21N3/c1-9(13)6-7-10-8-15(5)14-11(10)12(2,3)4/h6-9H,13H2,1-5H3/b7-6+.